The molecule has 7 amide bonds. The maximum Gasteiger partial charge on any atom is 0.326 e. The highest BCUT2D eigenvalue weighted by molar-refractivity contribution is 6.00. The molecule has 0 aliphatic carbocycles. The van der Waals surface area contributed by atoms with Gasteiger partial charge in [-0.3, -0.25) is 33.6 Å². The molecule has 9 atom stereocenters. The van der Waals surface area contributed by atoms with Crippen LogP contribution in [0.3, 0.4) is 0 Å². The van der Waals surface area contributed by atoms with E-state index in [4.69, 9.17) is 4.74 Å². The average Bonchev–Trinajstić information content (AvgIpc) is 3.39. The second-order valence-electron chi connectivity index (χ2n) is 19.0. The maximum atomic E-state index is 14.5. The van der Waals surface area contributed by atoms with Gasteiger partial charge in [0.1, 0.15) is 47.4 Å². The lowest BCUT2D eigenvalue weighted by Crippen LogP contribution is -2.56. The minimum Gasteiger partial charge on any atom is -0.508 e. The molecule has 21 heteroatoms. The number of rotatable bonds is 15. The number of benzene rings is 3. The van der Waals surface area contributed by atoms with Crippen molar-refractivity contribution in [1.29, 1.82) is 0 Å². The van der Waals surface area contributed by atoms with Gasteiger partial charge in [-0.05, 0) is 100 Å². The number of carboxylic acids is 2. The highest BCUT2D eigenvalue weighted by atomic mass is 16.5. The molecule has 0 spiro atoms. The standard InChI is InChI=1S/C56H71N7O14/c1-7-41-52(70)57-35(5)51(69)61-44(26-19-37-16-22-40(65)23-17-37)54(72)63-46(56(75)76)31-49(67)59-43(25-18-36-14-20-39(64)21-15-36)53(71)60-42(34(4)50(68)62-45(55(73)74)27-28-48(66)58-41)24-13-32(2)29-33(3)47(77-6)30-38-11-9-8-10-12-38/h7-17,20-24,29,33-35,42-47,64-65H,18-19,25-28,30-31H2,1-6H3,(H,57,70)(H,58,66)(H,59,67)(H,60,71)(H,61,69)(H,62,68)(H,63,72)(H,73,74)(H,75,76)/b24-13+,32-29+,41-7+/t33-,34-,35-,42-,43-,44-,45+,46+,47-/m0/s1. The average molecular weight is 1070 g/mol. The summed E-state index contributed by atoms with van der Waals surface area (Å²) in [5.74, 6) is -10.8. The van der Waals surface area contributed by atoms with Crippen LogP contribution in [0.2, 0.25) is 0 Å². The summed E-state index contributed by atoms with van der Waals surface area (Å²) in [6, 6.07) is 12.8. The molecule has 1 heterocycles. The van der Waals surface area contributed by atoms with Gasteiger partial charge in [0.15, 0.2) is 0 Å². The number of phenolic OH excluding ortho intramolecular Hbond substituents is 2. The van der Waals surface area contributed by atoms with E-state index in [0.29, 0.717) is 23.1 Å². The number of aromatic hydroxyl groups is 2. The third-order valence-corrected chi connectivity index (χ3v) is 13.0. The van der Waals surface area contributed by atoms with Gasteiger partial charge in [-0.1, -0.05) is 98.3 Å². The fraction of sp³-hybridized carbons (Fsp3) is 0.411. The lowest BCUT2D eigenvalue weighted by Gasteiger charge is -2.27. The minimum atomic E-state index is -1.91. The Balaban J connectivity index is 1.75. The van der Waals surface area contributed by atoms with Gasteiger partial charge in [0.05, 0.1) is 24.5 Å². The van der Waals surface area contributed by atoms with E-state index < -0.39 is 115 Å². The molecule has 21 nitrogen and oxygen atoms in total. The third-order valence-electron chi connectivity index (χ3n) is 13.0. The zero-order valence-corrected chi connectivity index (χ0v) is 44.0. The first-order valence-electron chi connectivity index (χ1n) is 25.3. The number of phenols is 2. The molecule has 4 rings (SSSR count). The summed E-state index contributed by atoms with van der Waals surface area (Å²) >= 11 is 0. The van der Waals surface area contributed by atoms with Crippen molar-refractivity contribution in [3.63, 3.8) is 0 Å². The second kappa shape index (κ2) is 30.3. The fourth-order valence-electron chi connectivity index (χ4n) is 8.27. The molecule has 3 aromatic carbocycles. The summed E-state index contributed by atoms with van der Waals surface area (Å²) in [7, 11) is 1.61. The smallest absolute Gasteiger partial charge is 0.326 e. The number of carbonyl (C=O) groups is 9. The second-order valence-corrected chi connectivity index (χ2v) is 19.0. The van der Waals surface area contributed by atoms with Gasteiger partial charge in [0, 0.05) is 19.4 Å². The van der Waals surface area contributed by atoms with E-state index in [-0.39, 0.29) is 54.9 Å². The molecule has 0 unspecified atom stereocenters. The van der Waals surface area contributed by atoms with Crippen molar-refractivity contribution in [2.75, 3.05) is 7.11 Å². The van der Waals surface area contributed by atoms with Crippen LogP contribution >= 0.6 is 0 Å². The van der Waals surface area contributed by atoms with Gasteiger partial charge in [-0.2, -0.15) is 0 Å². The summed E-state index contributed by atoms with van der Waals surface area (Å²) in [4.78, 5) is 122. The van der Waals surface area contributed by atoms with Crippen molar-refractivity contribution in [2.45, 2.75) is 128 Å². The topological polar surface area (TPSA) is 328 Å². The number of allylic oxidation sites excluding steroid dienone is 3. The first kappa shape index (κ1) is 61.2. The van der Waals surface area contributed by atoms with Gasteiger partial charge >= 0.3 is 11.9 Å². The summed E-state index contributed by atoms with van der Waals surface area (Å²) in [5.41, 5.74) is 2.73. The monoisotopic (exact) mass is 1070 g/mol. The van der Waals surface area contributed by atoms with Crippen molar-refractivity contribution in [3.8, 4) is 11.5 Å². The number of aryl methyl sites for hydroxylation is 2. The zero-order chi connectivity index (χ0) is 56.8. The maximum absolute atomic E-state index is 14.5. The van der Waals surface area contributed by atoms with E-state index in [1.54, 1.807) is 44.4 Å². The molecule has 0 bridgehead atoms. The molecule has 0 saturated carbocycles. The van der Waals surface area contributed by atoms with Crippen LogP contribution in [0.15, 0.2) is 114 Å². The summed E-state index contributed by atoms with van der Waals surface area (Å²) in [6.07, 6.45) is 4.95. The number of hydrogen-bond acceptors (Lipinski definition) is 12. The van der Waals surface area contributed by atoms with E-state index in [2.05, 4.69) is 37.2 Å². The molecule has 1 fully saturated rings. The zero-order valence-electron chi connectivity index (χ0n) is 44.0. The minimum absolute atomic E-state index is 0.0222. The van der Waals surface area contributed by atoms with E-state index in [1.807, 2.05) is 43.3 Å². The van der Waals surface area contributed by atoms with Crippen LogP contribution < -0.4 is 37.2 Å². The first-order valence-corrected chi connectivity index (χ1v) is 25.3. The lowest BCUT2D eigenvalue weighted by atomic mass is 9.94. The number of ether oxygens (including phenoxy) is 1. The summed E-state index contributed by atoms with van der Waals surface area (Å²) in [6.45, 7) is 7.91. The van der Waals surface area contributed by atoms with Crippen LogP contribution in [0.4, 0.5) is 0 Å². The Morgan fingerprint density at radius 2 is 1.22 bits per heavy atom. The Kier molecular flexibility index (Phi) is 24.1. The molecule has 0 aromatic heterocycles. The number of hydrogen-bond donors (Lipinski definition) is 11. The first-order chi connectivity index (χ1) is 36.6. The summed E-state index contributed by atoms with van der Waals surface area (Å²) < 4.78 is 5.83. The number of amides is 7. The van der Waals surface area contributed by atoms with Crippen molar-refractivity contribution >= 4 is 53.3 Å². The third kappa shape index (κ3) is 20.4. The van der Waals surface area contributed by atoms with Crippen LogP contribution in [-0.4, -0.2) is 123 Å². The van der Waals surface area contributed by atoms with Gasteiger partial charge < -0.3 is 62.4 Å². The highest BCUT2D eigenvalue weighted by Crippen LogP contribution is 2.19. The number of nitrogens with one attached hydrogen (secondary N) is 7. The van der Waals surface area contributed by atoms with E-state index in [9.17, 15) is 63.6 Å². The Labute approximate surface area is 447 Å². The molecule has 3 aromatic rings. The normalized spacial score (nSPS) is 23.6. The SMILES string of the molecule is C/C=C1/NC(=O)CC[C@H](C(=O)O)NC(=O)[C@@H](C)[C@H](/C=C/C(C)=C/[C@H](C)[C@H](Cc2ccccc2)OC)NC(=O)[C@H](CCc2ccc(O)cc2)NC(=O)C[C@H](C(=O)O)NC(=O)[C@H](CCc2ccc(O)cc2)NC(=O)[C@H](C)NC1=O. The van der Waals surface area contributed by atoms with Crippen molar-refractivity contribution < 1.29 is 68.3 Å². The fourth-order valence-corrected chi connectivity index (χ4v) is 8.27. The number of methoxy groups -OCH3 is 1. The van der Waals surface area contributed by atoms with Gasteiger partial charge in [-0.15, -0.1) is 0 Å². The van der Waals surface area contributed by atoms with Crippen LogP contribution in [0.1, 0.15) is 83.4 Å². The Hall–Kier alpha value is -8.33. The molecular formula is C56H71N7O14. The molecule has 0 radical (unpaired) electrons. The quantitative estimate of drug-likeness (QED) is 0.0771. The number of carboxylic acid groups (broad SMARTS) is 2. The molecule has 1 aliphatic rings. The molecule has 414 valence electrons. The van der Waals surface area contributed by atoms with Crippen LogP contribution in [0, 0.1) is 11.8 Å². The molecule has 1 aliphatic heterocycles. The molecule has 1 saturated heterocycles. The number of carbonyl (C=O) groups excluding carboxylic acids is 7. The molecular weight excluding hydrogens is 995 g/mol. The predicted molar refractivity (Wildman–Crippen MR) is 283 cm³/mol. The van der Waals surface area contributed by atoms with Crippen LogP contribution in [0.25, 0.3) is 0 Å². The Bertz CT molecular complexity index is 2640. The van der Waals surface area contributed by atoms with Gasteiger partial charge in [-0.25, -0.2) is 9.59 Å². The molecule has 77 heavy (non-hydrogen) atoms. The van der Waals surface area contributed by atoms with Crippen molar-refractivity contribution in [2.24, 2.45) is 11.8 Å². The highest BCUT2D eigenvalue weighted by Gasteiger charge is 2.34. The molecule has 11 N–H and O–H groups in total. The van der Waals surface area contributed by atoms with E-state index >= 15 is 0 Å². The van der Waals surface area contributed by atoms with Crippen LogP contribution in [0.5, 0.6) is 11.5 Å². The lowest BCUT2D eigenvalue weighted by molar-refractivity contribution is -0.144. The van der Waals surface area contributed by atoms with Crippen molar-refractivity contribution in [1.82, 2.24) is 37.2 Å². The number of aliphatic carboxylic acids is 2. The Morgan fingerprint density at radius 1 is 0.675 bits per heavy atom. The van der Waals surface area contributed by atoms with E-state index in [0.717, 1.165) is 5.56 Å². The van der Waals surface area contributed by atoms with Gasteiger partial charge in [0.2, 0.25) is 35.4 Å². The predicted octanol–water partition coefficient (Wildman–Crippen LogP) is 3.00. The van der Waals surface area contributed by atoms with E-state index in [1.165, 1.54) is 57.2 Å². The largest absolute Gasteiger partial charge is 0.508 e. The summed E-state index contributed by atoms with van der Waals surface area (Å²) in [5, 5.41) is 57.7. The van der Waals surface area contributed by atoms with Crippen molar-refractivity contribution in [3.05, 3.63) is 131 Å². The van der Waals surface area contributed by atoms with Crippen LogP contribution in [-0.2, 0) is 67.2 Å². The Morgan fingerprint density at radius 3 is 1.77 bits per heavy atom. The van der Waals surface area contributed by atoms with Gasteiger partial charge in [0.25, 0.3) is 5.91 Å².